The molecule has 84 valence electrons. The van der Waals surface area contributed by atoms with Crippen LogP contribution in [0.1, 0.15) is 26.7 Å². The van der Waals surface area contributed by atoms with Crippen molar-refractivity contribution in [3.63, 3.8) is 0 Å². The number of benzene rings is 1. The summed E-state index contributed by atoms with van der Waals surface area (Å²) in [5.74, 6) is 1.51. The van der Waals surface area contributed by atoms with Gasteiger partial charge in [0.1, 0.15) is 5.75 Å². The predicted octanol–water partition coefficient (Wildman–Crippen LogP) is 3.85. The second-order valence-electron chi connectivity index (χ2n) is 4.07. The lowest BCUT2D eigenvalue weighted by atomic mass is 10.1. The number of ether oxygens (including phenoxy) is 1. The van der Waals surface area contributed by atoms with E-state index < -0.39 is 0 Å². The molecule has 0 heterocycles. The summed E-state index contributed by atoms with van der Waals surface area (Å²) in [6.45, 7) is 5.17. The molecule has 0 aliphatic carbocycles. The van der Waals surface area contributed by atoms with Crippen LogP contribution < -0.4 is 10.5 Å². The van der Waals surface area contributed by atoms with Gasteiger partial charge in [-0.3, -0.25) is 0 Å². The molecule has 0 radical (unpaired) electrons. The first-order valence-corrected chi connectivity index (χ1v) is 6.06. The number of halogens is 1. The zero-order valence-corrected chi connectivity index (χ0v) is 10.9. The fraction of sp³-hybridized carbons (Fsp3) is 0.500. The summed E-state index contributed by atoms with van der Waals surface area (Å²) in [5.41, 5.74) is 6.50. The summed E-state index contributed by atoms with van der Waals surface area (Å²) >= 11 is 3.36. The lowest BCUT2D eigenvalue weighted by Crippen LogP contribution is -2.01. The molecule has 1 aromatic carbocycles. The van der Waals surface area contributed by atoms with Crippen molar-refractivity contribution in [3.05, 3.63) is 22.7 Å². The van der Waals surface area contributed by atoms with Gasteiger partial charge >= 0.3 is 0 Å². The second-order valence-corrected chi connectivity index (χ2v) is 4.98. The average molecular weight is 272 g/mol. The van der Waals surface area contributed by atoms with Crippen LogP contribution in [0.2, 0.25) is 0 Å². The molecule has 0 bridgehead atoms. The summed E-state index contributed by atoms with van der Waals surface area (Å²) in [7, 11) is 0. The van der Waals surface area contributed by atoms with E-state index in [1.807, 2.05) is 18.2 Å². The molecule has 0 unspecified atom stereocenters. The van der Waals surface area contributed by atoms with Crippen molar-refractivity contribution in [2.45, 2.75) is 26.7 Å². The minimum absolute atomic E-state index is 0.689. The first kappa shape index (κ1) is 12.4. The molecule has 2 N–H and O–H groups in total. The number of anilines is 1. The summed E-state index contributed by atoms with van der Waals surface area (Å²) in [4.78, 5) is 0. The zero-order chi connectivity index (χ0) is 11.3. The van der Waals surface area contributed by atoms with Crippen LogP contribution in [-0.2, 0) is 0 Å². The molecule has 0 spiro atoms. The summed E-state index contributed by atoms with van der Waals surface area (Å²) in [5, 5.41) is 0. The largest absolute Gasteiger partial charge is 0.491 e. The van der Waals surface area contributed by atoms with Gasteiger partial charge in [-0.2, -0.15) is 0 Å². The minimum Gasteiger partial charge on any atom is -0.491 e. The zero-order valence-electron chi connectivity index (χ0n) is 9.29. The van der Waals surface area contributed by atoms with Gasteiger partial charge in [-0.1, -0.05) is 29.8 Å². The highest BCUT2D eigenvalue weighted by molar-refractivity contribution is 9.10. The first-order valence-electron chi connectivity index (χ1n) is 5.27. The fourth-order valence-corrected chi connectivity index (χ4v) is 1.70. The van der Waals surface area contributed by atoms with Crippen LogP contribution in [0.5, 0.6) is 5.75 Å². The fourth-order valence-electron chi connectivity index (χ4n) is 1.32. The number of nitrogen functional groups attached to an aromatic ring is 1. The predicted molar refractivity (Wildman–Crippen MR) is 68.1 cm³/mol. The van der Waals surface area contributed by atoms with Gasteiger partial charge in [0, 0.05) is 4.47 Å². The Kier molecular flexibility index (Phi) is 4.95. The molecule has 0 saturated heterocycles. The Morgan fingerprint density at radius 2 is 2.13 bits per heavy atom. The molecule has 0 amide bonds. The van der Waals surface area contributed by atoms with Crippen LogP contribution in [0.25, 0.3) is 0 Å². The molecular weight excluding hydrogens is 254 g/mol. The van der Waals surface area contributed by atoms with Crippen molar-refractivity contribution in [2.24, 2.45) is 5.92 Å². The van der Waals surface area contributed by atoms with Gasteiger partial charge in [0.25, 0.3) is 0 Å². The maximum atomic E-state index is 5.81. The van der Waals surface area contributed by atoms with Crippen molar-refractivity contribution in [1.29, 1.82) is 0 Å². The van der Waals surface area contributed by atoms with E-state index in [2.05, 4.69) is 29.8 Å². The number of nitrogens with two attached hydrogens (primary N) is 1. The van der Waals surface area contributed by atoms with Crippen LogP contribution in [0.4, 0.5) is 5.69 Å². The van der Waals surface area contributed by atoms with E-state index >= 15 is 0 Å². The van der Waals surface area contributed by atoms with E-state index in [0.29, 0.717) is 5.69 Å². The molecule has 0 aromatic heterocycles. The van der Waals surface area contributed by atoms with Gasteiger partial charge in [-0.25, -0.2) is 0 Å². The van der Waals surface area contributed by atoms with Crippen molar-refractivity contribution < 1.29 is 4.74 Å². The Morgan fingerprint density at radius 1 is 1.40 bits per heavy atom. The van der Waals surface area contributed by atoms with E-state index in [1.165, 1.54) is 6.42 Å². The van der Waals surface area contributed by atoms with E-state index in [0.717, 1.165) is 29.2 Å². The molecule has 0 aliphatic heterocycles. The molecular formula is C12H18BrNO. The number of hydrogen-bond donors (Lipinski definition) is 1. The van der Waals surface area contributed by atoms with Gasteiger partial charge < -0.3 is 10.5 Å². The SMILES string of the molecule is CC(C)CCCOc1ccc(Br)cc1N. The third-order valence-corrected chi connectivity index (χ3v) is 2.65. The summed E-state index contributed by atoms with van der Waals surface area (Å²) < 4.78 is 6.58. The standard InChI is InChI=1S/C12H18BrNO/c1-9(2)4-3-7-15-12-6-5-10(13)8-11(12)14/h5-6,8-9H,3-4,7,14H2,1-2H3. The van der Waals surface area contributed by atoms with E-state index in [4.69, 9.17) is 10.5 Å². The second kappa shape index (κ2) is 6.01. The van der Waals surface area contributed by atoms with Crippen molar-refractivity contribution in [1.82, 2.24) is 0 Å². The van der Waals surface area contributed by atoms with Crippen LogP contribution in [0.15, 0.2) is 22.7 Å². The Bertz CT molecular complexity index is 312. The topological polar surface area (TPSA) is 35.2 Å². The average Bonchev–Trinajstić information content (AvgIpc) is 2.14. The molecule has 1 rings (SSSR count). The van der Waals surface area contributed by atoms with E-state index in [-0.39, 0.29) is 0 Å². The van der Waals surface area contributed by atoms with Gasteiger partial charge in [-0.15, -0.1) is 0 Å². The molecule has 2 nitrogen and oxygen atoms in total. The van der Waals surface area contributed by atoms with E-state index in [1.54, 1.807) is 0 Å². The van der Waals surface area contributed by atoms with Gasteiger partial charge in [-0.05, 0) is 37.0 Å². The van der Waals surface area contributed by atoms with Crippen molar-refractivity contribution >= 4 is 21.6 Å². The normalized spacial score (nSPS) is 10.7. The minimum atomic E-state index is 0.689. The molecule has 0 atom stereocenters. The number of hydrogen-bond acceptors (Lipinski definition) is 2. The highest BCUT2D eigenvalue weighted by Gasteiger charge is 2.01. The Labute approximate surface area is 99.9 Å². The Balaban J connectivity index is 2.37. The third-order valence-electron chi connectivity index (χ3n) is 2.16. The van der Waals surface area contributed by atoms with Gasteiger partial charge in [0.15, 0.2) is 0 Å². The van der Waals surface area contributed by atoms with Gasteiger partial charge in [0.05, 0.1) is 12.3 Å². The van der Waals surface area contributed by atoms with Crippen LogP contribution in [0.3, 0.4) is 0 Å². The highest BCUT2D eigenvalue weighted by Crippen LogP contribution is 2.25. The molecule has 1 aromatic rings. The van der Waals surface area contributed by atoms with Crippen molar-refractivity contribution in [2.75, 3.05) is 12.3 Å². The molecule has 0 aliphatic rings. The van der Waals surface area contributed by atoms with Crippen LogP contribution in [0, 0.1) is 5.92 Å². The van der Waals surface area contributed by atoms with Crippen LogP contribution in [-0.4, -0.2) is 6.61 Å². The lowest BCUT2D eigenvalue weighted by molar-refractivity contribution is 0.299. The smallest absolute Gasteiger partial charge is 0.142 e. The first-order chi connectivity index (χ1) is 7.09. The third kappa shape index (κ3) is 4.56. The maximum Gasteiger partial charge on any atom is 0.142 e. The molecule has 0 saturated carbocycles. The van der Waals surface area contributed by atoms with Crippen molar-refractivity contribution in [3.8, 4) is 5.75 Å². The maximum absolute atomic E-state index is 5.81. The van der Waals surface area contributed by atoms with Gasteiger partial charge in [0.2, 0.25) is 0 Å². The summed E-state index contributed by atoms with van der Waals surface area (Å²) in [6, 6.07) is 5.70. The highest BCUT2D eigenvalue weighted by atomic mass is 79.9. The monoisotopic (exact) mass is 271 g/mol. The Morgan fingerprint density at radius 3 is 2.73 bits per heavy atom. The molecule has 3 heteroatoms. The lowest BCUT2D eigenvalue weighted by Gasteiger charge is -2.09. The van der Waals surface area contributed by atoms with E-state index in [9.17, 15) is 0 Å². The summed E-state index contributed by atoms with van der Waals surface area (Å²) in [6.07, 6.45) is 2.27. The molecule has 0 fully saturated rings. The quantitative estimate of drug-likeness (QED) is 0.652. The molecule has 15 heavy (non-hydrogen) atoms. The Hall–Kier alpha value is -0.700. The number of rotatable bonds is 5. The van der Waals surface area contributed by atoms with Crippen LogP contribution >= 0.6 is 15.9 Å².